The maximum Gasteiger partial charge on any atom is 0.262 e. The van der Waals surface area contributed by atoms with Crippen LogP contribution in [0, 0.1) is 0 Å². The molecule has 0 heterocycles. The number of rotatable bonds is 8. The zero-order valence-electron chi connectivity index (χ0n) is 17.2. The van der Waals surface area contributed by atoms with Gasteiger partial charge in [0.15, 0.2) is 6.61 Å². The number of ether oxygens (including phenoxy) is 2. The highest BCUT2D eigenvalue weighted by Gasteiger charge is 2.20. The number of carbonyl (C=O) groups excluding carboxylic acids is 2. The van der Waals surface area contributed by atoms with Crippen LogP contribution in [0.3, 0.4) is 0 Å². The molecule has 29 heavy (non-hydrogen) atoms. The molecule has 2 aromatic rings. The first-order valence-corrected chi connectivity index (χ1v) is 10.1. The third-order valence-electron chi connectivity index (χ3n) is 4.13. The normalized spacial score (nSPS) is 11.1. The van der Waals surface area contributed by atoms with E-state index in [2.05, 4.69) is 47.3 Å². The second-order valence-corrected chi connectivity index (χ2v) is 8.47. The molecule has 0 fully saturated rings. The van der Waals surface area contributed by atoms with Crippen LogP contribution in [0.4, 0.5) is 5.69 Å². The summed E-state index contributed by atoms with van der Waals surface area (Å²) in [6.45, 7) is 7.06. The molecule has 2 rings (SSSR count). The highest BCUT2D eigenvalue weighted by Crippen LogP contribution is 2.33. The predicted molar refractivity (Wildman–Crippen MR) is 118 cm³/mol. The summed E-state index contributed by atoms with van der Waals surface area (Å²) in [4.78, 5) is 24.2. The van der Waals surface area contributed by atoms with E-state index < -0.39 is 0 Å². The third-order valence-corrected chi connectivity index (χ3v) is 4.62. The van der Waals surface area contributed by atoms with E-state index in [0.29, 0.717) is 30.2 Å². The lowest BCUT2D eigenvalue weighted by Gasteiger charge is -2.23. The van der Waals surface area contributed by atoms with Gasteiger partial charge in [0.05, 0.1) is 6.61 Å². The molecule has 2 aromatic carbocycles. The van der Waals surface area contributed by atoms with Crippen molar-refractivity contribution < 1.29 is 19.1 Å². The molecule has 0 aliphatic carbocycles. The van der Waals surface area contributed by atoms with Crippen molar-refractivity contribution in [1.29, 1.82) is 0 Å². The Labute approximate surface area is 180 Å². The Morgan fingerprint density at radius 2 is 1.76 bits per heavy atom. The highest BCUT2D eigenvalue weighted by molar-refractivity contribution is 9.10. The number of nitrogens with one attached hydrogen (secondary N) is 2. The molecule has 0 saturated carbocycles. The van der Waals surface area contributed by atoms with Gasteiger partial charge in [-0.1, -0.05) is 36.7 Å². The Balaban J connectivity index is 1.93. The van der Waals surface area contributed by atoms with E-state index >= 15 is 0 Å². The summed E-state index contributed by atoms with van der Waals surface area (Å²) < 4.78 is 11.6. The zero-order chi connectivity index (χ0) is 21.4. The second kappa shape index (κ2) is 10.4. The van der Waals surface area contributed by atoms with E-state index in [1.807, 2.05) is 18.2 Å². The van der Waals surface area contributed by atoms with E-state index in [1.165, 1.54) is 0 Å². The Kier molecular flexibility index (Phi) is 8.22. The second-order valence-electron chi connectivity index (χ2n) is 7.55. The van der Waals surface area contributed by atoms with Crippen LogP contribution in [0.2, 0.25) is 0 Å². The van der Waals surface area contributed by atoms with Crippen molar-refractivity contribution in [3.63, 3.8) is 0 Å². The summed E-state index contributed by atoms with van der Waals surface area (Å²) in [5.41, 5.74) is 2.01. The number of hydrogen-bond acceptors (Lipinski definition) is 4. The van der Waals surface area contributed by atoms with Gasteiger partial charge in [0, 0.05) is 34.9 Å². The minimum Gasteiger partial charge on any atom is -0.483 e. The molecule has 0 aliphatic heterocycles. The van der Waals surface area contributed by atoms with Crippen molar-refractivity contribution >= 4 is 33.4 Å². The van der Waals surface area contributed by atoms with Gasteiger partial charge in [0.2, 0.25) is 0 Å². The fourth-order valence-corrected chi connectivity index (χ4v) is 2.99. The lowest BCUT2D eigenvalue weighted by atomic mass is 9.86. The summed E-state index contributed by atoms with van der Waals surface area (Å²) in [6.07, 6.45) is 0. The summed E-state index contributed by atoms with van der Waals surface area (Å²) in [6, 6.07) is 12.4. The van der Waals surface area contributed by atoms with Crippen molar-refractivity contribution in [2.24, 2.45) is 0 Å². The highest BCUT2D eigenvalue weighted by atomic mass is 79.9. The van der Waals surface area contributed by atoms with E-state index in [1.54, 1.807) is 31.4 Å². The topological polar surface area (TPSA) is 76.7 Å². The quantitative estimate of drug-likeness (QED) is 0.577. The minimum absolute atomic E-state index is 0.107. The summed E-state index contributed by atoms with van der Waals surface area (Å²) in [7, 11) is 1.58. The molecular weight excluding hydrogens is 436 g/mol. The fraction of sp³-hybridized carbons (Fsp3) is 0.364. The van der Waals surface area contributed by atoms with Gasteiger partial charge in [0.25, 0.3) is 11.8 Å². The molecule has 0 aromatic heterocycles. The van der Waals surface area contributed by atoms with Gasteiger partial charge in [-0.15, -0.1) is 0 Å². The molecular formula is C22H27BrN2O4. The van der Waals surface area contributed by atoms with Crippen molar-refractivity contribution in [2.75, 3.05) is 32.2 Å². The first kappa shape index (κ1) is 22.9. The SMILES string of the molecule is COCCNC(=O)c1ccc(NC(=O)COc2ccc(Br)cc2C(C)(C)C)cc1. The van der Waals surface area contributed by atoms with Gasteiger partial charge in [-0.05, 0) is 47.9 Å². The molecule has 0 radical (unpaired) electrons. The number of carbonyl (C=O) groups is 2. The molecule has 2 N–H and O–H groups in total. The molecule has 6 nitrogen and oxygen atoms in total. The smallest absolute Gasteiger partial charge is 0.262 e. The van der Waals surface area contributed by atoms with Crippen LogP contribution in [0.25, 0.3) is 0 Å². The van der Waals surface area contributed by atoms with Crippen LogP contribution in [0.1, 0.15) is 36.7 Å². The summed E-state index contributed by atoms with van der Waals surface area (Å²) in [5.74, 6) is 0.220. The standard InChI is InChI=1S/C22H27BrN2O4/c1-22(2,3)18-13-16(23)7-10-19(18)29-14-20(26)25-17-8-5-15(6-9-17)21(27)24-11-12-28-4/h5-10,13H,11-12,14H2,1-4H3,(H,24,27)(H,25,26). The lowest BCUT2D eigenvalue weighted by molar-refractivity contribution is -0.118. The molecule has 0 bridgehead atoms. The van der Waals surface area contributed by atoms with Crippen LogP contribution in [-0.2, 0) is 14.9 Å². The van der Waals surface area contributed by atoms with Gasteiger partial charge in [0.1, 0.15) is 5.75 Å². The Hall–Kier alpha value is -2.38. The van der Waals surface area contributed by atoms with Gasteiger partial charge in [-0.25, -0.2) is 0 Å². The minimum atomic E-state index is -0.273. The number of methoxy groups -OCH3 is 1. The Morgan fingerprint density at radius 1 is 1.07 bits per heavy atom. The van der Waals surface area contributed by atoms with E-state index in [0.717, 1.165) is 10.0 Å². The van der Waals surface area contributed by atoms with Crippen molar-refractivity contribution in [1.82, 2.24) is 5.32 Å². The predicted octanol–water partition coefficient (Wildman–Crippen LogP) is 4.14. The first-order valence-electron chi connectivity index (χ1n) is 9.30. The number of benzene rings is 2. The number of anilines is 1. The average molecular weight is 463 g/mol. The lowest BCUT2D eigenvalue weighted by Crippen LogP contribution is -2.27. The van der Waals surface area contributed by atoms with Crippen LogP contribution >= 0.6 is 15.9 Å². The average Bonchev–Trinajstić information content (AvgIpc) is 2.67. The Morgan fingerprint density at radius 3 is 2.38 bits per heavy atom. The maximum absolute atomic E-state index is 12.3. The summed E-state index contributed by atoms with van der Waals surface area (Å²) in [5, 5.41) is 5.52. The first-order chi connectivity index (χ1) is 13.7. The van der Waals surface area contributed by atoms with E-state index in [-0.39, 0.29) is 23.8 Å². The van der Waals surface area contributed by atoms with Crippen LogP contribution < -0.4 is 15.4 Å². The van der Waals surface area contributed by atoms with Crippen LogP contribution in [-0.4, -0.2) is 38.7 Å². The fourth-order valence-electron chi connectivity index (χ4n) is 2.63. The van der Waals surface area contributed by atoms with Crippen molar-refractivity contribution in [3.05, 3.63) is 58.1 Å². The number of amides is 2. The summed E-state index contributed by atoms with van der Waals surface area (Å²) >= 11 is 3.48. The molecule has 0 saturated heterocycles. The van der Waals surface area contributed by atoms with E-state index in [4.69, 9.17) is 9.47 Å². The molecule has 7 heteroatoms. The monoisotopic (exact) mass is 462 g/mol. The zero-order valence-corrected chi connectivity index (χ0v) is 18.8. The number of hydrogen-bond donors (Lipinski definition) is 2. The third kappa shape index (κ3) is 7.18. The molecule has 156 valence electrons. The Bertz CT molecular complexity index is 845. The largest absolute Gasteiger partial charge is 0.483 e. The van der Waals surface area contributed by atoms with E-state index in [9.17, 15) is 9.59 Å². The maximum atomic E-state index is 12.3. The number of halogens is 1. The van der Waals surface area contributed by atoms with Crippen LogP contribution in [0.5, 0.6) is 5.75 Å². The molecule has 0 atom stereocenters. The molecule has 0 aliphatic rings. The van der Waals surface area contributed by atoms with Gasteiger partial charge >= 0.3 is 0 Å². The molecule has 0 unspecified atom stereocenters. The van der Waals surface area contributed by atoms with Gasteiger partial charge in [-0.2, -0.15) is 0 Å². The molecule has 0 spiro atoms. The van der Waals surface area contributed by atoms with Crippen LogP contribution in [0.15, 0.2) is 46.9 Å². The van der Waals surface area contributed by atoms with Crippen molar-refractivity contribution in [2.45, 2.75) is 26.2 Å². The van der Waals surface area contributed by atoms with Crippen molar-refractivity contribution in [3.8, 4) is 5.75 Å². The van der Waals surface area contributed by atoms with Gasteiger partial charge < -0.3 is 20.1 Å². The molecule has 2 amide bonds. The van der Waals surface area contributed by atoms with Gasteiger partial charge in [-0.3, -0.25) is 9.59 Å².